The van der Waals surface area contributed by atoms with Crippen LogP contribution in [0.2, 0.25) is 0 Å². The Morgan fingerprint density at radius 2 is 2.32 bits per heavy atom. The SMILES string of the molecule is CSC1(CNc2ncnc(-n3cccn3)c2N)CC1. The Kier molecular flexibility index (Phi) is 3.06. The van der Waals surface area contributed by atoms with Gasteiger partial charge in [-0.15, -0.1) is 0 Å². The van der Waals surface area contributed by atoms with Crippen LogP contribution in [0.1, 0.15) is 12.8 Å². The van der Waals surface area contributed by atoms with Gasteiger partial charge in [-0.05, 0) is 25.2 Å². The van der Waals surface area contributed by atoms with E-state index in [1.807, 2.05) is 24.0 Å². The fourth-order valence-corrected chi connectivity index (χ4v) is 2.67. The zero-order chi connectivity index (χ0) is 13.3. The van der Waals surface area contributed by atoms with Crippen LogP contribution in [0.4, 0.5) is 11.5 Å². The van der Waals surface area contributed by atoms with Crippen molar-refractivity contribution in [1.82, 2.24) is 19.7 Å². The van der Waals surface area contributed by atoms with Gasteiger partial charge < -0.3 is 11.1 Å². The zero-order valence-electron chi connectivity index (χ0n) is 10.7. The molecule has 0 spiro atoms. The molecule has 1 fully saturated rings. The van der Waals surface area contributed by atoms with Gasteiger partial charge in [0, 0.05) is 23.7 Å². The highest BCUT2D eigenvalue weighted by molar-refractivity contribution is 8.00. The van der Waals surface area contributed by atoms with E-state index < -0.39 is 0 Å². The van der Waals surface area contributed by atoms with Crippen molar-refractivity contribution in [2.24, 2.45) is 0 Å². The number of hydrogen-bond acceptors (Lipinski definition) is 6. The first-order chi connectivity index (χ1) is 9.24. The Morgan fingerprint density at radius 3 is 2.95 bits per heavy atom. The molecule has 100 valence electrons. The van der Waals surface area contributed by atoms with E-state index in [1.54, 1.807) is 10.9 Å². The highest BCUT2D eigenvalue weighted by Gasteiger charge is 2.41. The summed E-state index contributed by atoms with van der Waals surface area (Å²) in [4.78, 5) is 8.40. The second-order valence-corrected chi connectivity index (χ2v) is 5.93. The molecule has 0 unspecified atom stereocenters. The molecule has 0 aromatic carbocycles. The summed E-state index contributed by atoms with van der Waals surface area (Å²) in [5, 5.41) is 7.47. The van der Waals surface area contributed by atoms with Gasteiger partial charge in [0.05, 0.1) is 0 Å². The molecule has 7 heteroatoms. The fourth-order valence-electron chi connectivity index (χ4n) is 1.94. The maximum absolute atomic E-state index is 6.11. The van der Waals surface area contributed by atoms with Gasteiger partial charge in [-0.1, -0.05) is 0 Å². The molecule has 0 radical (unpaired) electrons. The average Bonchev–Trinajstić information content (AvgIpc) is 3.01. The lowest BCUT2D eigenvalue weighted by atomic mass is 10.3. The van der Waals surface area contributed by atoms with Gasteiger partial charge in [-0.3, -0.25) is 0 Å². The lowest BCUT2D eigenvalue weighted by Gasteiger charge is -2.15. The number of anilines is 2. The molecule has 2 aromatic rings. The smallest absolute Gasteiger partial charge is 0.181 e. The summed E-state index contributed by atoms with van der Waals surface area (Å²) < 4.78 is 2.01. The molecular formula is C12H16N6S. The third-order valence-electron chi connectivity index (χ3n) is 3.40. The standard InChI is InChI=1S/C12H16N6S/c1-19-12(3-4-12)7-14-10-9(13)11(16-8-15-10)18-6-2-5-17-18/h2,5-6,8H,3-4,7,13H2,1H3,(H,14,15,16). The molecule has 1 aliphatic rings. The van der Waals surface area contributed by atoms with Crippen molar-refractivity contribution in [3.63, 3.8) is 0 Å². The molecule has 2 aromatic heterocycles. The lowest BCUT2D eigenvalue weighted by molar-refractivity contribution is 0.841. The van der Waals surface area contributed by atoms with Crippen LogP contribution in [0.15, 0.2) is 24.8 Å². The second kappa shape index (κ2) is 4.73. The largest absolute Gasteiger partial charge is 0.393 e. The van der Waals surface area contributed by atoms with Crippen LogP contribution in [-0.4, -0.2) is 37.3 Å². The molecule has 0 amide bonds. The van der Waals surface area contributed by atoms with Gasteiger partial charge in [0.15, 0.2) is 11.6 Å². The van der Waals surface area contributed by atoms with Crippen LogP contribution in [0.5, 0.6) is 0 Å². The van der Waals surface area contributed by atoms with Gasteiger partial charge in [0.2, 0.25) is 0 Å². The number of aromatic nitrogens is 4. The first-order valence-electron chi connectivity index (χ1n) is 6.14. The molecule has 19 heavy (non-hydrogen) atoms. The molecule has 0 saturated heterocycles. The predicted molar refractivity (Wildman–Crippen MR) is 77.5 cm³/mol. The zero-order valence-corrected chi connectivity index (χ0v) is 11.5. The number of nitrogens with two attached hydrogens (primary N) is 1. The minimum absolute atomic E-state index is 0.364. The molecule has 0 aliphatic heterocycles. The maximum atomic E-state index is 6.11. The first kappa shape index (κ1) is 12.3. The van der Waals surface area contributed by atoms with Gasteiger partial charge in [-0.2, -0.15) is 16.9 Å². The second-order valence-electron chi connectivity index (χ2n) is 4.65. The van der Waals surface area contributed by atoms with Crippen LogP contribution < -0.4 is 11.1 Å². The molecular weight excluding hydrogens is 260 g/mol. The number of thioether (sulfide) groups is 1. The normalized spacial score (nSPS) is 16.3. The van der Waals surface area contributed by atoms with Crippen LogP contribution in [0, 0.1) is 0 Å². The van der Waals surface area contributed by atoms with E-state index >= 15 is 0 Å². The third kappa shape index (κ3) is 2.37. The van der Waals surface area contributed by atoms with Gasteiger partial charge >= 0.3 is 0 Å². The monoisotopic (exact) mass is 276 g/mol. The first-order valence-corrected chi connectivity index (χ1v) is 7.36. The summed E-state index contributed by atoms with van der Waals surface area (Å²) >= 11 is 1.90. The predicted octanol–water partition coefficient (Wildman–Crippen LogP) is 1.55. The third-order valence-corrected chi connectivity index (χ3v) is 4.82. The fraction of sp³-hybridized carbons (Fsp3) is 0.417. The number of nitrogens with zero attached hydrogens (tertiary/aromatic N) is 4. The van der Waals surface area contributed by atoms with Crippen LogP contribution in [-0.2, 0) is 0 Å². The topological polar surface area (TPSA) is 81.7 Å². The van der Waals surface area contributed by atoms with E-state index in [2.05, 4.69) is 26.6 Å². The van der Waals surface area contributed by atoms with E-state index in [1.165, 1.54) is 19.2 Å². The molecule has 6 nitrogen and oxygen atoms in total. The van der Waals surface area contributed by atoms with Crippen molar-refractivity contribution in [3.05, 3.63) is 24.8 Å². The summed E-state index contributed by atoms with van der Waals surface area (Å²) in [6, 6.07) is 1.83. The molecule has 1 aliphatic carbocycles. The minimum atomic E-state index is 0.364. The van der Waals surface area contributed by atoms with E-state index in [0.717, 1.165) is 6.54 Å². The van der Waals surface area contributed by atoms with E-state index in [4.69, 9.17) is 5.73 Å². The van der Waals surface area contributed by atoms with Crippen molar-refractivity contribution >= 4 is 23.3 Å². The minimum Gasteiger partial charge on any atom is -0.393 e. The average molecular weight is 276 g/mol. The van der Waals surface area contributed by atoms with Crippen molar-refractivity contribution in [3.8, 4) is 5.82 Å². The van der Waals surface area contributed by atoms with Crippen molar-refractivity contribution in [1.29, 1.82) is 0 Å². The maximum Gasteiger partial charge on any atom is 0.181 e. The van der Waals surface area contributed by atoms with Gasteiger partial charge in [-0.25, -0.2) is 14.6 Å². The van der Waals surface area contributed by atoms with E-state index in [0.29, 0.717) is 22.1 Å². The Bertz CT molecular complexity index is 564. The lowest BCUT2D eigenvalue weighted by Crippen LogP contribution is -2.19. The summed E-state index contributed by atoms with van der Waals surface area (Å²) in [5.74, 6) is 1.29. The highest BCUT2D eigenvalue weighted by atomic mass is 32.2. The van der Waals surface area contributed by atoms with E-state index in [-0.39, 0.29) is 0 Å². The van der Waals surface area contributed by atoms with Gasteiger partial charge in [0.1, 0.15) is 12.0 Å². The van der Waals surface area contributed by atoms with Crippen molar-refractivity contribution in [2.75, 3.05) is 23.9 Å². The van der Waals surface area contributed by atoms with E-state index in [9.17, 15) is 0 Å². The van der Waals surface area contributed by atoms with Crippen LogP contribution in [0.25, 0.3) is 5.82 Å². The molecule has 2 heterocycles. The summed E-state index contributed by atoms with van der Waals surface area (Å²) in [6.07, 6.45) is 9.66. The molecule has 1 saturated carbocycles. The molecule has 0 atom stereocenters. The summed E-state index contributed by atoms with van der Waals surface area (Å²) in [7, 11) is 0. The Balaban J connectivity index is 1.81. The number of nitrogens with one attached hydrogen (secondary N) is 1. The Hall–Kier alpha value is -1.76. The summed E-state index contributed by atoms with van der Waals surface area (Å²) in [6.45, 7) is 0.883. The molecule has 3 N–H and O–H groups in total. The van der Waals surface area contributed by atoms with Crippen LogP contribution in [0.3, 0.4) is 0 Å². The molecule has 0 bridgehead atoms. The van der Waals surface area contributed by atoms with Crippen molar-refractivity contribution < 1.29 is 0 Å². The number of hydrogen-bond donors (Lipinski definition) is 2. The van der Waals surface area contributed by atoms with Crippen LogP contribution >= 0.6 is 11.8 Å². The Labute approximate surface area is 115 Å². The van der Waals surface area contributed by atoms with Gasteiger partial charge in [0.25, 0.3) is 0 Å². The Morgan fingerprint density at radius 1 is 1.47 bits per heavy atom. The quantitative estimate of drug-likeness (QED) is 0.862. The molecule has 3 rings (SSSR count). The van der Waals surface area contributed by atoms with Crippen molar-refractivity contribution in [2.45, 2.75) is 17.6 Å². The number of nitrogen functional groups attached to an aromatic ring is 1. The number of rotatable bonds is 5. The summed E-state index contributed by atoms with van der Waals surface area (Å²) in [5.41, 5.74) is 6.64. The highest BCUT2D eigenvalue weighted by Crippen LogP contribution is 2.47.